The molecule has 0 saturated carbocycles. The average Bonchev–Trinajstić information content (AvgIpc) is 3.07. The summed E-state index contributed by atoms with van der Waals surface area (Å²) in [4.78, 5) is 12.5. The normalized spacial score (nSPS) is 23.3. The Morgan fingerprint density at radius 1 is 0.702 bits per heavy atom. The highest BCUT2D eigenvalue weighted by atomic mass is 16.7. The number of nitrogens with one attached hydrogen (secondary N) is 1. The van der Waals surface area contributed by atoms with Crippen molar-refractivity contribution < 1.29 is 39.8 Å². The van der Waals surface area contributed by atoms with Crippen molar-refractivity contribution in [2.45, 2.75) is 185 Å². The van der Waals surface area contributed by atoms with Crippen LogP contribution >= 0.6 is 0 Å². The number of unbranched alkanes of at least 4 members (excludes halogenated alkanes) is 15. The van der Waals surface area contributed by atoms with Crippen LogP contribution in [0, 0.1) is 0 Å². The molecule has 9 heteroatoms. The van der Waals surface area contributed by atoms with E-state index in [1.165, 1.54) is 77.0 Å². The van der Waals surface area contributed by atoms with Gasteiger partial charge in [0.2, 0.25) is 5.91 Å². The smallest absolute Gasteiger partial charge is 0.220 e. The summed E-state index contributed by atoms with van der Waals surface area (Å²) in [6.07, 6.45) is 27.1. The predicted molar refractivity (Wildman–Crippen MR) is 189 cm³/mol. The third-order valence-electron chi connectivity index (χ3n) is 8.70. The Kier molecular flexibility index (Phi) is 27.1. The van der Waals surface area contributed by atoms with Crippen LogP contribution in [0.25, 0.3) is 0 Å². The molecule has 274 valence electrons. The van der Waals surface area contributed by atoms with Crippen molar-refractivity contribution in [2.75, 3.05) is 13.2 Å². The first-order valence-electron chi connectivity index (χ1n) is 18.7. The van der Waals surface area contributed by atoms with Crippen LogP contribution in [0.4, 0.5) is 0 Å². The molecule has 6 N–H and O–H groups in total. The molecule has 1 aliphatic heterocycles. The molecule has 9 nitrogen and oxygen atoms in total. The highest BCUT2D eigenvalue weighted by molar-refractivity contribution is 5.76. The van der Waals surface area contributed by atoms with Gasteiger partial charge in [-0.25, -0.2) is 0 Å². The first kappa shape index (κ1) is 43.4. The van der Waals surface area contributed by atoms with Crippen molar-refractivity contribution in [3.05, 3.63) is 36.5 Å². The van der Waals surface area contributed by atoms with Gasteiger partial charge in [0.25, 0.3) is 0 Å². The van der Waals surface area contributed by atoms with Crippen molar-refractivity contribution in [3.63, 3.8) is 0 Å². The first-order valence-corrected chi connectivity index (χ1v) is 18.7. The zero-order valence-electron chi connectivity index (χ0n) is 29.5. The minimum atomic E-state index is -1.57. The van der Waals surface area contributed by atoms with Gasteiger partial charge in [-0.1, -0.05) is 127 Å². The molecule has 1 aliphatic rings. The minimum Gasteiger partial charge on any atom is -0.394 e. The van der Waals surface area contributed by atoms with Gasteiger partial charge in [-0.05, 0) is 44.9 Å². The zero-order chi connectivity index (χ0) is 34.5. The Bertz CT molecular complexity index is 833. The highest BCUT2D eigenvalue weighted by Crippen LogP contribution is 2.22. The Hall–Kier alpha value is -1.59. The van der Waals surface area contributed by atoms with E-state index in [-0.39, 0.29) is 12.5 Å². The summed E-state index contributed by atoms with van der Waals surface area (Å²) in [6.45, 7) is 3.54. The lowest BCUT2D eigenvalue weighted by atomic mass is 9.99. The Morgan fingerprint density at radius 2 is 1.21 bits per heavy atom. The van der Waals surface area contributed by atoms with E-state index in [0.29, 0.717) is 6.42 Å². The number of hydrogen-bond acceptors (Lipinski definition) is 8. The fourth-order valence-electron chi connectivity index (χ4n) is 5.60. The number of carbonyl (C=O) groups is 1. The largest absolute Gasteiger partial charge is 0.394 e. The molecule has 0 aromatic rings. The maximum absolute atomic E-state index is 12.5. The van der Waals surface area contributed by atoms with Gasteiger partial charge in [0, 0.05) is 6.42 Å². The Morgan fingerprint density at radius 3 is 1.79 bits per heavy atom. The second-order valence-electron chi connectivity index (χ2n) is 13.0. The molecule has 1 saturated heterocycles. The topological polar surface area (TPSA) is 149 Å². The van der Waals surface area contributed by atoms with E-state index in [1.807, 2.05) is 6.08 Å². The third kappa shape index (κ3) is 21.2. The Labute approximate surface area is 285 Å². The molecular formula is C38H69NO8. The van der Waals surface area contributed by atoms with Gasteiger partial charge in [-0.2, -0.15) is 0 Å². The molecule has 1 amide bonds. The van der Waals surface area contributed by atoms with Crippen LogP contribution in [0.1, 0.15) is 142 Å². The molecule has 0 bridgehead atoms. The molecule has 0 radical (unpaired) electrons. The minimum absolute atomic E-state index is 0.208. The van der Waals surface area contributed by atoms with Gasteiger partial charge in [-0.3, -0.25) is 4.79 Å². The van der Waals surface area contributed by atoms with E-state index in [1.54, 1.807) is 6.08 Å². The standard InChI is InChI=1S/C38H69NO8/c1-3-5-7-8-9-10-11-12-13-14-15-16-17-18-19-20-21-22-23-24-26-27-32(41)31(39-34(42)28-25-6-4-2)30-46-38-37(45)36(44)35(43)33(29-40)47-38/h17-18,21-22,26-27,31-33,35-38,40-41,43-45H,3-16,19-20,23-25,28-30H2,1-2H3,(H,39,42)/b18-17+,22-21+,27-26+. The van der Waals surface area contributed by atoms with Crippen LogP contribution in [0.15, 0.2) is 36.5 Å². The fraction of sp³-hybridized carbons (Fsp3) is 0.816. The average molecular weight is 668 g/mol. The molecule has 0 aromatic heterocycles. The second kappa shape index (κ2) is 29.3. The lowest BCUT2D eigenvalue weighted by Gasteiger charge is -2.40. The molecule has 0 aromatic carbocycles. The molecule has 1 fully saturated rings. The number of aliphatic hydroxyl groups is 5. The van der Waals surface area contributed by atoms with Gasteiger partial charge in [0.1, 0.15) is 24.4 Å². The van der Waals surface area contributed by atoms with Crippen molar-refractivity contribution in [1.82, 2.24) is 5.32 Å². The summed E-state index contributed by atoms with van der Waals surface area (Å²) in [5.74, 6) is -0.218. The van der Waals surface area contributed by atoms with E-state index in [4.69, 9.17) is 9.47 Å². The van der Waals surface area contributed by atoms with E-state index >= 15 is 0 Å². The summed E-state index contributed by atoms with van der Waals surface area (Å²) < 4.78 is 11.0. The summed E-state index contributed by atoms with van der Waals surface area (Å²) in [5, 5.41) is 53.4. The van der Waals surface area contributed by atoms with E-state index < -0.39 is 49.5 Å². The summed E-state index contributed by atoms with van der Waals surface area (Å²) in [7, 11) is 0. The number of aliphatic hydroxyl groups excluding tert-OH is 5. The van der Waals surface area contributed by atoms with Crippen LogP contribution in [-0.4, -0.2) is 87.5 Å². The number of ether oxygens (including phenoxy) is 2. The number of carbonyl (C=O) groups excluding carboxylic acids is 1. The van der Waals surface area contributed by atoms with Gasteiger partial charge < -0.3 is 40.3 Å². The van der Waals surface area contributed by atoms with Gasteiger partial charge in [0.15, 0.2) is 6.29 Å². The van der Waals surface area contributed by atoms with Crippen LogP contribution in [0.5, 0.6) is 0 Å². The molecule has 1 rings (SSSR count). The van der Waals surface area contributed by atoms with E-state index in [2.05, 4.69) is 43.5 Å². The van der Waals surface area contributed by atoms with Crippen molar-refractivity contribution in [3.8, 4) is 0 Å². The van der Waals surface area contributed by atoms with Crippen molar-refractivity contribution in [1.29, 1.82) is 0 Å². The van der Waals surface area contributed by atoms with Gasteiger partial charge in [0.05, 0.1) is 25.4 Å². The molecule has 47 heavy (non-hydrogen) atoms. The molecule has 7 atom stereocenters. The third-order valence-corrected chi connectivity index (χ3v) is 8.70. The monoisotopic (exact) mass is 668 g/mol. The maximum Gasteiger partial charge on any atom is 0.220 e. The number of amides is 1. The number of allylic oxidation sites excluding steroid dienone is 5. The van der Waals surface area contributed by atoms with Crippen LogP contribution in [-0.2, 0) is 14.3 Å². The first-order chi connectivity index (χ1) is 22.8. The molecule has 7 unspecified atom stereocenters. The molecule has 0 aliphatic carbocycles. The van der Waals surface area contributed by atoms with Crippen LogP contribution in [0.2, 0.25) is 0 Å². The highest BCUT2D eigenvalue weighted by Gasteiger charge is 2.44. The van der Waals surface area contributed by atoms with Gasteiger partial charge >= 0.3 is 0 Å². The summed E-state index contributed by atoms with van der Waals surface area (Å²) in [5.41, 5.74) is 0. The van der Waals surface area contributed by atoms with Crippen LogP contribution in [0.3, 0.4) is 0 Å². The summed E-state index contributed by atoms with van der Waals surface area (Å²) >= 11 is 0. The second-order valence-corrected chi connectivity index (χ2v) is 13.0. The Balaban J connectivity index is 2.31. The fourth-order valence-corrected chi connectivity index (χ4v) is 5.60. The predicted octanol–water partition coefficient (Wildman–Crippen LogP) is 6.16. The van der Waals surface area contributed by atoms with Crippen molar-refractivity contribution in [2.24, 2.45) is 0 Å². The van der Waals surface area contributed by atoms with Crippen LogP contribution < -0.4 is 5.32 Å². The SMILES string of the molecule is CCCCCCCCCCCCC/C=C/CC/C=C/CC/C=C/C(O)C(COC1OC(CO)C(O)C(O)C1O)NC(=O)CCCCC. The quantitative estimate of drug-likeness (QED) is 0.0411. The summed E-state index contributed by atoms with van der Waals surface area (Å²) in [6, 6.07) is -0.819. The molecule has 1 heterocycles. The zero-order valence-corrected chi connectivity index (χ0v) is 29.5. The maximum atomic E-state index is 12.5. The lowest BCUT2D eigenvalue weighted by molar-refractivity contribution is -0.302. The van der Waals surface area contributed by atoms with Crippen molar-refractivity contribution >= 4 is 5.91 Å². The van der Waals surface area contributed by atoms with Gasteiger partial charge in [-0.15, -0.1) is 0 Å². The lowest BCUT2D eigenvalue weighted by Crippen LogP contribution is -2.60. The number of hydrogen-bond donors (Lipinski definition) is 6. The molecule has 0 spiro atoms. The van der Waals surface area contributed by atoms with E-state index in [0.717, 1.165) is 44.9 Å². The molecular weight excluding hydrogens is 598 g/mol. The van der Waals surface area contributed by atoms with E-state index in [9.17, 15) is 30.3 Å². The number of rotatable bonds is 29.